The Balaban J connectivity index is 1.68. The van der Waals surface area contributed by atoms with Crippen LogP contribution >= 0.6 is 0 Å². The van der Waals surface area contributed by atoms with Gasteiger partial charge in [-0.15, -0.1) is 0 Å². The Bertz CT molecular complexity index is 1260. The maximum absolute atomic E-state index is 14.8. The van der Waals surface area contributed by atoms with Crippen LogP contribution in [0.2, 0.25) is 0 Å². The Morgan fingerprint density at radius 2 is 1.81 bits per heavy atom. The molecular weight excluding hydrogens is 478 g/mol. The number of fused-ring (bicyclic) bond motifs is 1. The lowest BCUT2D eigenvalue weighted by atomic mass is 10.0. The van der Waals surface area contributed by atoms with Crippen LogP contribution in [0.25, 0.3) is 10.9 Å². The van der Waals surface area contributed by atoms with Gasteiger partial charge < -0.3 is 19.5 Å². The number of hydrogen-bond acceptors (Lipinski definition) is 6. The summed E-state index contributed by atoms with van der Waals surface area (Å²) in [6, 6.07) is 5.88. The number of aryl methyl sites for hydroxylation is 1. The molecular formula is C26H29F4N3O3. The van der Waals surface area contributed by atoms with Gasteiger partial charge >= 0.3 is 6.18 Å². The van der Waals surface area contributed by atoms with Crippen molar-refractivity contribution in [3.8, 4) is 11.5 Å². The van der Waals surface area contributed by atoms with E-state index in [1.165, 1.54) is 19.2 Å². The van der Waals surface area contributed by atoms with Crippen molar-refractivity contribution in [2.45, 2.75) is 51.9 Å². The van der Waals surface area contributed by atoms with Gasteiger partial charge in [-0.05, 0) is 45.7 Å². The summed E-state index contributed by atoms with van der Waals surface area (Å²) in [5.74, 6) is 0.439. The zero-order valence-corrected chi connectivity index (χ0v) is 20.8. The van der Waals surface area contributed by atoms with Crippen molar-refractivity contribution in [3.63, 3.8) is 0 Å². The van der Waals surface area contributed by atoms with Crippen LogP contribution in [0.15, 0.2) is 30.3 Å². The summed E-state index contributed by atoms with van der Waals surface area (Å²) in [5, 5.41) is 3.63. The predicted octanol–water partition coefficient (Wildman–Crippen LogP) is 6.47. The number of anilines is 1. The minimum atomic E-state index is -4.79. The van der Waals surface area contributed by atoms with Crippen LogP contribution < -0.4 is 14.8 Å². The standard InChI is InChI=1S/C26H29F4N3O3/c1-14(17-7-6-8-19(23(17)27)26(28,29)30)31-24-18-11-22(36-13-25(9-10-25)15(2)34-4)21(35-5)12-20(18)32-16(3)33-24/h6-8,11-12,14-15H,9-10,13H2,1-5H3,(H,31,32,33)/t14-,15+/m1/s1. The van der Waals surface area contributed by atoms with Gasteiger partial charge in [0.05, 0.1) is 36.9 Å². The van der Waals surface area contributed by atoms with Crippen molar-refractivity contribution >= 4 is 16.7 Å². The first-order valence-electron chi connectivity index (χ1n) is 11.6. The number of nitrogens with zero attached hydrogens (tertiary/aromatic N) is 2. The highest BCUT2D eigenvalue weighted by molar-refractivity contribution is 5.92. The van der Waals surface area contributed by atoms with Gasteiger partial charge in [-0.2, -0.15) is 13.2 Å². The van der Waals surface area contributed by atoms with Crippen LogP contribution in [0.4, 0.5) is 23.4 Å². The first-order chi connectivity index (χ1) is 17.0. The smallest absolute Gasteiger partial charge is 0.419 e. The van der Waals surface area contributed by atoms with E-state index < -0.39 is 23.6 Å². The Kier molecular flexibility index (Phi) is 7.01. The van der Waals surface area contributed by atoms with Crippen molar-refractivity contribution in [3.05, 3.63) is 53.1 Å². The number of aromatic nitrogens is 2. The Labute approximate surface area is 207 Å². The fraction of sp³-hybridized carbons (Fsp3) is 0.462. The molecule has 1 heterocycles. The van der Waals surface area contributed by atoms with E-state index in [0.29, 0.717) is 40.7 Å². The second-order valence-corrected chi connectivity index (χ2v) is 9.24. The van der Waals surface area contributed by atoms with E-state index >= 15 is 0 Å². The summed E-state index contributed by atoms with van der Waals surface area (Å²) in [7, 11) is 3.21. The minimum Gasteiger partial charge on any atom is -0.493 e. The third-order valence-corrected chi connectivity index (χ3v) is 6.87. The van der Waals surface area contributed by atoms with Gasteiger partial charge in [0, 0.05) is 29.5 Å². The van der Waals surface area contributed by atoms with E-state index in [0.717, 1.165) is 18.9 Å². The van der Waals surface area contributed by atoms with Crippen LogP contribution in [0.5, 0.6) is 11.5 Å². The van der Waals surface area contributed by atoms with Crippen molar-refractivity contribution in [2.75, 3.05) is 26.1 Å². The molecule has 0 radical (unpaired) electrons. The zero-order valence-electron chi connectivity index (χ0n) is 20.8. The van der Waals surface area contributed by atoms with Gasteiger partial charge in [0.25, 0.3) is 0 Å². The van der Waals surface area contributed by atoms with Crippen LogP contribution in [0, 0.1) is 18.2 Å². The molecule has 6 nitrogen and oxygen atoms in total. The topological polar surface area (TPSA) is 65.5 Å². The van der Waals surface area contributed by atoms with Crippen LogP contribution in [0.3, 0.4) is 0 Å². The molecule has 1 fully saturated rings. The molecule has 0 saturated heterocycles. The van der Waals surface area contributed by atoms with E-state index in [4.69, 9.17) is 14.2 Å². The van der Waals surface area contributed by atoms with E-state index in [-0.39, 0.29) is 17.1 Å². The Hall–Kier alpha value is -3.14. The first kappa shape index (κ1) is 25.9. The third kappa shape index (κ3) is 5.04. The molecule has 0 aliphatic heterocycles. The predicted molar refractivity (Wildman–Crippen MR) is 128 cm³/mol. The fourth-order valence-electron chi connectivity index (χ4n) is 4.32. The minimum absolute atomic E-state index is 0.0374. The summed E-state index contributed by atoms with van der Waals surface area (Å²) < 4.78 is 71.6. The van der Waals surface area contributed by atoms with Gasteiger partial charge in [0.2, 0.25) is 0 Å². The molecule has 0 unspecified atom stereocenters. The molecule has 1 N–H and O–H groups in total. The Morgan fingerprint density at radius 1 is 1.08 bits per heavy atom. The van der Waals surface area contributed by atoms with Crippen molar-refractivity contribution in [1.82, 2.24) is 9.97 Å². The summed E-state index contributed by atoms with van der Waals surface area (Å²) in [4.78, 5) is 8.91. The molecule has 0 bridgehead atoms. The maximum Gasteiger partial charge on any atom is 0.419 e. The van der Waals surface area contributed by atoms with Gasteiger partial charge in [-0.1, -0.05) is 12.1 Å². The number of alkyl halides is 3. The molecule has 1 saturated carbocycles. The molecule has 0 amide bonds. The number of nitrogens with one attached hydrogen (secondary N) is 1. The highest BCUT2D eigenvalue weighted by atomic mass is 19.4. The van der Waals surface area contributed by atoms with E-state index in [2.05, 4.69) is 15.3 Å². The first-order valence-corrected chi connectivity index (χ1v) is 11.6. The third-order valence-electron chi connectivity index (χ3n) is 6.87. The summed E-state index contributed by atoms with van der Waals surface area (Å²) in [6.07, 6.45) is -2.77. The molecule has 3 aromatic rings. The molecule has 2 atom stereocenters. The maximum atomic E-state index is 14.8. The lowest BCUT2D eigenvalue weighted by Gasteiger charge is -2.23. The molecule has 194 valence electrons. The second kappa shape index (κ2) is 9.72. The quantitative estimate of drug-likeness (QED) is 0.335. The van der Waals surface area contributed by atoms with E-state index in [1.807, 2.05) is 6.92 Å². The summed E-state index contributed by atoms with van der Waals surface area (Å²) >= 11 is 0. The normalized spacial score (nSPS) is 16.5. The molecule has 10 heteroatoms. The number of halogens is 4. The lowest BCUT2D eigenvalue weighted by Crippen LogP contribution is -2.27. The average Bonchev–Trinajstić information content (AvgIpc) is 3.62. The number of methoxy groups -OCH3 is 2. The largest absolute Gasteiger partial charge is 0.493 e. The van der Waals surface area contributed by atoms with Gasteiger partial charge in [0.15, 0.2) is 11.5 Å². The second-order valence-electron chi connectivity index (χ2n) is 9.24. The number of rotatable bonds is 9. The number of ether oxygens (including phenoxy) is 3. The molecule has 1 aromatic heterocycles. The van der Waals surface area contributed by atoms with Gasteiger partial charge in [-0.3, -0.25) is 0 Å². The highest BCUT2D eigenvalue weighted by Crippen LogP contribution is 2.50. The number of hydrogen-bond donors (Lipinski definition) is 1. The summed E-state index contributed by atoms with van der Waals surface area (Å²) in [5.41, 5.74) is -0.937. The molecule has 1 aliphatic rings. The molecule has 0 spiro atoms. The zero-order chi connectivity index (χ0) is 26.3. The SMILES string of the molecule is COc1cc2nc(C)nc(N[C@H](C)c3cccc(C(F)(F)F)c3F)c2cc1OCC1([C@H](C)OC)CC1. The monoisotopic (exact) mass is 507 g/mol. The van der Waals surface area contributed by atoms with Crippen molar-refractivity contribution in [1.29, 1.82) is 0 Å². The average molecular weight is 508 g/mol. The fourth-order valence-corrected chi connectivity index (χ4v) is 4.32. The Morgan fingerprint density at radius 3 is 2.42 bits per heavy atom. The van der Waals surface area contributed by atoms with Crippen LogP contribution in [-0.2, 0) is 10.9 Å². The molecule has 1 aliphatic carbocycles. The van der Waals surface area contributed by atoms with Crippen LogP contribution in [-0.4, -0.2) is 36.9 Å². The number of benzene rings is 2. The van der Waals surface area contributed by atoms with Crippen LogP contribution in [0.1, 0.15) is 49.7 Å². The molecule has 36 heavy (non-hydrogen) atoms. The molecule has 4 rings (SSSR count). The van der Waals surface area contributed by atoms with E-state index in [1.54, 1.807) is 33.1 Å². The van der Waals surface area contributed by atoms with Crippen molar-refractivity contribution < 1.29 is 31.8 Å². The van der Waals surface area contributed by atoms with Gasteiger partial charge in [-0.25, -0.2) is 14.4 Å². The highest BCUT2D eigenvalue weighted by Gasteiger charge is 2.48. The van der Waals surface area contributed by atoms with Crippen molar-refractivity contribution in [2.24, 2.45) is 5.41 Å². The molecule has 2 aromatic carbocycles. The summed E-state index contributed by atoms with van der Waals surface area (Å²) in [6.45, 7) is 5.72. The van der Waals surface area contributed by atoms with Gasteiger partial charge in [0.1, 0.15) is 17.5 Å². The van der Waals surface area contributed by atoms with E-state index in [9.17, 15) is 17.6 Å². The lowest BCUT2D eigenvalue weighted by molar-refractivity contribution is -0.140.